The molecule has 0 radical (unpaired) electrons. The number of aromatic amines is 1. The lowest BCUT2D eigenvalue weighted by Gasteiger charge is -2.04. The second kappa shape index (κ2) is 5.04. The lowest BCUT2D eigenvalue weighted by molar-refractivity contribution is 0.628. The van der Waals surface area contributed by atoms with E-state index in [2.05, 4.69) is 15.5 Å². The first-order valence-electron chi connectivity index (χ1n) is 5.78. The highest BCUT2D eigenvalue weighted by Crippen LogP contribution is 2.14. The number of aromatic nitrogens is 1. The van der Waals surface area contributed by atoms with Gasteiger partial charge in [-0.05, 0) is 50.6 Å². The second-order valence-corrected chi connectivity index (χ2v) is 4.29. The van der Waals surface area contributed by atoms with E-state index in [1.807, 2.05) is 27.0 Å². The Kier molecular flexibility index (Phi) is 3.46. The van der Waals surface area contributed by atoms with Crippen LogP contribution in [0.2, 0.25) is 0 Å². The van der Waals surface area contributed by atoms with Crippen molar-refractivity contribution in [1.82, 2.24) is 4.98 Å². The number of anilines is 1. The number of halogens is 1. The van der Waals surface area contributed by atoms with Gasteiger partial charge in [-0.1, -0.05) is 0 Å². The van der Waals surface area contributed by atoms with Crippen LogP contribution in [0.1, 0.15) is 23.7 Å². The van der Waals surface area contributed by atoms with Crippen LogP contribution >= 0.6 is 0 Å². The second-order valence-electron chi connectivity index (χ2n) is 4.29. The van der Waals surface area contributed by atoms with Crippen molar-refractivity contribution in [2.24, 2.45) is 5.10 Å². The molecule has 0 amide bonds. The molecule has 1 heterocycles. The summed E-state index contributed by atoms with van der Waals surface area (Å²) in [5, 5.41) is 4.31. The molecule has 0 spiro atoms. The SMILES string of the molecule is C/C(=N\Nc1ccc(F)cc1)c1c(C)c[nH]c1C. The number of hydrogen-bond donors (Lipinski definition) is 2. The molecule has 4 heteroatoms. The zero-order chi connectivity index (χ0) is 13.1. The van der Waals surface area contributed by atoms with Crippen molar-refractivity contribution in [3.05, 3.63) is 53.1 Å². The van der Waals surface area contributed by atoms with Crippen LogP contribution in [-0.2, 0) is 0 Å². The predicted molar refractivity (Wildman–Crippen MR) is 72.5 cm³/mol. The van der Waals surface area contributed by atoms with Gasteiger partial charge in [0.15, 0.2) is 0 Å². The van der Waals surface area contributed by atoms with Gasteiger partial charge >= 0.3 is 0 Å². The molecule has 1 aromatic heterocycles. The Balaban J connectivity index is 2.17. The maximum Gasteiger partial charge on any atom is 0.123 e. The van der Waals surface area contributed by atoms with Crippen molar-refractivity contribution in [1.29, 1.82) is 0 Å². The van der Waals surface area contributed by atoms with E-state index in [0.29, 0.717) is 0 Å². The van der Waals surface area contributed by atoms with Crippen molar-refractivity contribution in [2.45, 2.75) is 20.8 Å². The molecule has 0 bridgehead atoms. The van der Waals surface area contributed by atoms with Gasteiger partial charge in [0, 0.05) is 17.5 Å². The van der Waals surface area contributed by atoms with E-state index in [-0.39, 0.29) is 5.82 Å². The predicted octanol–water partition coefficient (Wildman–Crippen LogP) is 3.61. The Morgan fingerprint density at radius 1 is 1.22 bits per heavy atom. The number of nitrogens with zero attached hydrogens (tertiary/aromatic N) is 1. The van der Waals surface area contributed by atoms with Gasteiger partial charge in [-0.25, -0.2) is 4.39 Å². The number of aryl methyl sites for hydroxylation is 2. The molecule has 94 valence electrons. The molecule has 0 aliphatic carbocycles. The Hall–Kier alpha value is -2.10. The van der Waals surface area contributed by atoms with Crippen LogP contribution in [0.3, 0.4) is 0 Å². The van der Waals surface area contributed by atoms with Crippen molar-refractivity contribution in [3.8, 4) is 0 Å². The minimum atomic E-state index is -0.251. The first-order chi connectivity index (χ1) is 8.58. The Morgan fingerprint density at radius 2 is 1.89 bits per heavy atom. The molecule has 3 nitrogen and oxygen atoms in total. The molecule has 2 rings (SSSR count). The van der Waals surface area contributed by atoms with Crippen LogP contribution < -0.4 is 5.43 Å². The number of hydrazone groups is 1. The zero-order valence-electron chi connectivity index (χ0n) is 10.7. The summed E-state index contributed by atoms with van der Waals surface area (Å²) in [6.07, 6.45) is 1.96. The standard InChI is InChI=1S/C14H16FN3/c1-9-8-16-10(2)14(9)11(3)17-18-13-6-4-12(15)5-7-13/h4-8,16,18H,1-3H3/b17-11+. The fourth-order valence-electron chi connectivity index (χ4n) is 1.94. The summed E-state index contributed by atoms with van der Waals surface area (Å²) in [6, 6.07) is 6.12. The van der Waals surface area contributed by atoms with Crippen LogP contribution in [0, 0.1) is 19.7 Å². The molecule has 2 N–H and O–H groups in total. The summed E-state index contributed by atoms with van der Waals surface area (Å²) < 4.78 is 12.7. The fourth-order valence-corrected chi connectivity index (χ4v) is 1.94. The maximum atomic E-state index is 12.7. The van der Waals surface area contributed by atoms with Crippen molar-refractivity contribution in [3.63, 3.8) is 0 Å². The van der Waals surface area contributed by atoms with E-state index < -0.39 is 0 Å². The lowest BCUT2D eigenvalue weighted by Crippen LogP contribution is -2.02. The molecule has 0 fully saturated rings. The zero-order valence-corrected chi connectivity index (χ0v) is 10.7. The minimum absolute atomic E-state index is 0.251. The Bertz CT molecular complexity index is 548. The quantitative estimate of drug-likeness (QED) is 0.629. The van der Waals surface area contributed by atoms with Crippen molar-refractivity contribution < 1.29 is 4.39 Å². The third kappa shape index (κ3) is 2.59. The number of benzene rings is 1. The highest BCUT2D eigenvalue weighted by molar-refractivity contribution is 6.01. The topological polar surface area (TPSA) is 40.2 Å². The third-order valence-corrected chi connectivity index (χ3v) is 2.83. The van der Waals surface area contributed by atoms with Crippen LogP contribution in [0.25, 0.3) is 0 Å². The van der Waals surface area contributed by atoms with E-state index in [0.717, 1.165) is 28.2 Å². The number of hydrogen-bond acceptors (Lipinski definition) is 2. The molecule has 0 unspecified atom stereocenters. The minimum Gasteiger partial charge on any atom is -0.364 e. The normalized spacial score (nSPS) is 11.7. The van der Waals surface area contributed by atoms with Crippen LogP contribution in [0.5, 0.6) is 0 Å². The molecule has 1 aromatic carbocycles. The van der Waals surface area contributed by atoms with Gasteiger partial charge in [0.2, 0.25) is 0 Å². The summed E-state index contributed by atoms with van der Waals surface area (Å²) in [5.74, 6) is -0.251. The fraction of sp³-hybridized carbons (Fsp3) is 0.214. The van der Waals surface area contributed by atoms with Gasteiger partial charge in [0.1, 0.15) is 5.82 Å². The largest absolute Gasteiger partial charge is 0.364 e. The smallest absolute Gasteiger partial charge is 0.123 e. The number of H-pyrrole nitrogens is 1. The first kappa shape index (κ1) is 12.4. The van der Waals surface area contributed by atoms with E-state index in [1.54, 1.807) is 12.1 Å². The van der Waals surface area contributed by atoms with Crippen LogP contribution in [0.15, 0.2) is 35.6 Å². The van der Waals surface area contributed by atoms with Gasteiger partial charge in [-0.15, -0.1) is 0 Å². The van der Waals surface area contributed by atoms with Crippen molar-refractivity contribution >= 4 is 11.4 Å². The molecule has 2 aromatic rings. The Morgan fingerprint density at radius 3 is 2.44 bits per heavy atom. The summed E-state index contributed by atoms with van der Waals surface area (Å²) in [4.78, 5) is 3.17. The van der Waals surface area contributed by atoms with Crippen LogP contribution in [0.4, 0.5) is 10.1 Å². The average Bonchev–Trinajstić information content (AvgIpc) is 2.68. The van der Waals surface area contributed by atoms with E-state index in [9.17, 15) is 4.39 Å². The van der Waals surface area contributed by atoms with Crippen LogP contribution in [-0.4, -0.2) is 10.7 Å². The highest BCUT2D eigenvalue weighted by Gasteiger charge is 2.07. The molecular weight excluding hydrogens is 229 g/mol. The molecular formula is C14H16FN3. The van der Waals surface area contributed by atoms with E-state index in [1.165, 1.54) is 12.1 Å². The average molecular weight is 245 g/mol. The van der Waals surface area contributed by atoms with E-state index >= 15 is 0 Å². The van der Waals surface area contributed by atoms with Gasteiger partial charge in [-0.3, -0.25) is 5.43 Å². The lowest BCUT2D eigenvalue weighted by atomic mass is 10.1. The molecule has 0 saturated carbocycles. The first-order valence-corrected chi connectivity index (χ1v) is 5.78. The van der Waals surface area contributed by atoms with Crippen molar-refractivity contribution in [2.75, 3.05) is 5.43 Å². The molecule has 18 heavy (non-hydrogen) atoms. The summed E-state index contributed by atoms with van der Waals surface area (Å²) in [5.41, 5.74) is 7.96. The van der Waals surface area contributed by atoms with Gasteiger partial charge < -0.3 is 4.98 Å². The monoisotopic (exact) mass is 245 g/mol. The Labute approximate surface area is 106 Å². The summed E-state index contributed by atoms with van der Waals surface area (Å²) in [6.45, 7) is 5.99. The van der Waals surface area contributed by atoms with E-state index in [4.69, 9.17) is 0 Å². The molecule has 0 aliphatic rings. The molecule has 0 saturated heterocycles. The van der Waals surface area contributed by atoms with Gasteiger partial charge in [0.05, 0.1) is 11.4 Å². The number of rotatable bonds is 3. The molecule has 0 aliphatic heterocycles. The third-order valence-electron chi connectivity index (χ3n) is 2.83. The molecule has 0 atom stereocenters. The maximum absolute atomic E-state index is 12.7. The highest BCUT2D eigenvalue weighted by atomic mass is 19.1. The summed E-state index contributed by atoms with van der Waals surface area (Å²) >= 11 is 0. The number of nitrogens with one attached hydrogen (secondary N) is 2. The van der Waals surface area contributed by atoms with Gasteiger partial charge in [-0.2, -0.15) is 5.10 Å². The summed E-state index contributed by atoms with van der Waals surface area (Å²) in [7, 11) is 0. The van der Waals surface area contributed by atoms with Gasteiger partial charge in [0.25, 0.3) is 0 Å².